The number of benzene rings is 3. The molecule has 0 fully saturated rings. The van der Waals surface area contributed by atoms with E-state index in [2.05, 4.69) is 106 Å². The van der Waals surface area contributed by atoms with Gasteiger partial charge in [-0.05, 0) is 61.1 Å². The summed E-state index contributed by atoms with van der Waals surface area (Å²) in [6.07, 6.45) is 8.02. The van der Waals surface area contributed by atoms with Crippen LogP contribution in [-0.4, -0.2) is 0 Å². The Morgan fingerprint density at radius 1 is 0.630 bits per heavy atom. The Kier molecular flexibility index (Phi) is 4.81. The molecular weight excluding hydrogens is 324 g/mol. The Morgan fingerprint density at radius 2 is 1.15 bits per heavy atom. The van der Waals surface area contributed by atoms with Crippen molar-refractivity contribution in [2.24, 2.45) is 0 Å². The summed E-state index contributed by atoms with van der Waals surface area (Å²) in [7, 11) is 0. The lowest BCUT2D eigenvalue weighted by molar-refractivity contribution is 0.846. The van der Waals surface area contributed by atoms with Gasteiger partial charge in [-0.3, -0.25) is 0 Å². The molecule has 27 heavy (non-hydrogen) atoms. The zero-order valence-corrected chi connectivity index (χ0v) is 16.4. The topological polar surface area (TPSA) is 0 Å². The molecule has 1 atom stereocenters. The van der Waals surface area contributed by atoms with Gasteiger partial charge in [-0.15, -0.1) is 0 Å². The number of rotatable bonds is 3. The number of hydrogen-bond donors (Lipinski definition) is 0. The highest BCUT2D eigenvalue weighted by Gasteiger charge is 2.13. The summed E-state index contributed by atoms with van der Waals surface area (Å²) in [4.78, 5) is 0. The fourth-order valence-electron chi connectivity index (χ4n) is 3.67. The van der Waals surface area contributed by atoms with Crippen LogP contribution in [0.2, 0.25) is 0 Å². The van der Waals surface area contributed by atoms with E-state index in [4.69, 9.17) is 0 Å². The highest BCUT2D eigenvalue weighted by molar-refractivity contribution is 5.75. The molecule has 1 aliphatic carbocycles. The predicted octanol–water partition coefficient (Wildman–Crippen LogP) is 7.63. The molecule has 0 heteroatoms. The van der Waals surface area contributed by atoms with Crippen molar-refractivity contribution in [2.75, 3.05) is 0 Å². The summed E-state index contributed by atoms with van der Waals surface area (Å²) in [6.45, 7) is 6.45. The summed E-state index contributed by atoms with van der Waals surface area (Å²) < 4.78 is 0. The molecule has 0 saturated carbocycles. The maximum Gasteiger partial charge on any atom is 0.00563 e. The Labute approximate surface area is 162 Å². The normalized spacial score (nSPS) is 16.3. The van der Waals surface area contributed by atoms with Crippen LogP contribution in [0.25, 0.3) is 22.3 Å². The molecule has 3 aromatic rings. The minimum Gasteiger partial charge on any atom is -0.0807 e. The van der Waals surface area contributed by atoms with Crippen LogP contribution in [0.15, 0.2) is 90.5 Å². The fraction of sp³-hybridized carbons (Fsp3) is 0.185. The van der Waals surface area contributed by atoms with Crippen LogP contribution in [0.5, 0.6) is 0 Å². The number of allylic oxidation sites excluding steroid dienone is 4. The van der Waals surface area contributed by atoms with Gasteiger partial charge in [0.1, 0.15) is 0 Å². The lowest BCUT2D eigenvalue weighted by Gasteiger charge is -2.18. The zero-order chi connectivity index (χ0) is 18.8. The van der Waals surface area contributed by atoms with Crippen LogP contribution in [-0.2, 0) is 0 Å². The fourth-order valence-corrected chi connectivity index (χ4v) is 3.67. The minimum atomic E-state index is 0.447. The van der Waals surface area contributed by atoms with E-state index in [1.165, 1.54) is 44.5 Å². The van der Waals surface area contributed by atoms with Gasteiger partial charge in [0.05, 0.1) is 0 Å². The molecular formula is C27H26. The second-order valence-electron chi connectivity index (χ2n) is 7.73. The summed E-state index contributed by atoms with van der Waals surface area (Å²) in [5.74, 6) is 0.447. The van der Waals surface area contributed by atoms with Crippen molar-refractivity contribution in [1.82, 2.24) is 0 Å². The zero-order valence-electron chi connectivity index (χ0n) is 16.4. The van der Waals surface area contributed by atoms with E-state index in [1.54, 1.807) is 0 Å². The molecule has 1 aliphatic rings. The molecule has 1 unspecified atom stereocenters. The number of aryl methyl sites for hydroxylation is 2. The van der Waals surface area contributed by atoms with Crippen LogP contribution in [0.1, 0.15) is 36.0 Å². The van der Waals surface area contributed by atoms with Gasteiger partial charge in [0, 0.05) is 5.92 Å². The van der Waals surface area contributed by atoms with Crippen LogP contribution >= 0.6 is 0 Å². The molecule has 0 aromatic heterocycles. The van der Waals surface area contributed by atoms with Gasteiger partial charge < -0.3 is 0 Å². The van der Waals surface area contributed by atoms with E-state index in [1.807, 2.05) is 0 Å². The quantitative estimate of drug-likeness (QED) is 0.455. The largest absolute Gasteiger partial charge is 0.0807 e. The molecule has 0 radical (unpaired) electrons. The third-order valence-electron chi connectivity index (χ3n) is 5.44. The average Bonchev–Trinajstić information content (AvgIpc) is 2.69. The Balaban J connectivity index is 1.82. The first kappa shape index (κ1) is 17.5. The van der Waals surface area contributed by atoms with Gasteiger partial charge in [0.2, 0.25) is 0 Å². The second kappa shape index (κ2) is 7.40. The standard InChI is InChI=1S/C27H26/c1-19-4-10-22(11-5-19)25-16-26(23-12-6-20(2)7-13-23)18-27(17-25)24-14-8-21(3)9-15-24/h4-14,16-18,24H,15H2,1-3H3. The van der Waals surface area contributed by atoms with Crippen molar-refractivity contribution in [3.63, 3.8) is 0 Å². The minimum absolute atomic E-state index is 0.447. The summed E-state index contributed by atoms with van der Waals surface area (Å²) in [5.41, 5.74) is 10.5. The molecule has 4 rings (SSSR count). The van der Waals surface area contributed by atoms with Crippen LogP contribution in [0.3, 0.4) is 0 Å². The van der Waals surface area contributed by atoms with Crippen LogP contribution in [0, 0.1) is 13.8 Å². The Morgan fingerprint density at radius 3 is 1.59 bits per heavy atom. The van der Waals surface area contributed by atoms with E-state index in [0.29, 0.717) is 5.92 Å². The van der Waals surface area contributed by atoms with Gasteiger partial charge in [0.15, 0.2) is 0 Å². The van der Waals surface area contributed by atoms with Crippen molar-refractivity contribution in [1.29, 1.82) is 0 Å². The number of hydrogen-bond acceptors (Lipinski definition) is 0. The average molecular weight is 351 g/mol. The summed E-state index contributed by atoms with van der Waals surface area (Å²) >= 11 is 0. The third kappa shape index (κ3) is 3.95. The summed E-state index contributed by atoms with van der Waals surface area (Å²) in [5, 5.41) is 0. The van der Waals surface area contributed by atoms with Crippen molar-refractivity contribution < 1.29 is 0 Å². The lowest BCUT2D eigenvalue weighted by Crippen LogP contribution is -1.99. The Bertz CT molecular complexity index is 935. The van der Waals surface area contributed by atoms with Crippen molar-refractivity contribution in [2.45, 2.75) is 33.1 Å². The SMILES string of the molecule is CC1=CCC(c2cc(-c3ccc(C)cc3)cc(-c3ccc(C)cc3)c2)C=C1. The predicted molar refractivity (Wildman–Crippen MR) is 117 cm³/mol. The highest BCUT2D eigenvalue weighted by atomic mass is 14.2. The maximum absolute atomic E-state index is 2.37. The molecule has 134 valence electrons. The molecule has 0 N–H and O–H groups in total. The molecule has 0 nitrogen and oxygen atoms in total. The second-order valence-corrected chi connectivity index (χ2v) is 7.73. The molecule has 0 saturated heterocycles. The van der Waals surface area contributed by atoms with E-state index in [0.717, 1.165) is 6.42 Å². The van der Waals surface area contributed by atoms with Gasteiger partial charge in [-0.2, -0.15) is 0 Å². The van der Waals surface area contributed by atoms with Crippen molar-refractivity contribution in [3.8, 4) is 22.3 Å². The molecule has 0 bridgehead atoms. The van der Waals surface area contributed by atoms with E-state index in [9.17, 15) is 0 Å². The molecule has 0 amide bonds. The van der Waals surface area contributed by atoms with Gasteiger partial charge >= 0.3 is 0 Å². The van der Waals surface area contributed by atoms with Gasteiger partial charge in [-0.25, -0.2) is 0 Å². The first-order valence-corrected chi connectivity index (χ1v) is 9.72. The van der Waals surface area contributed by atoms with E-state index >= 15 is 0 Å². The molecule has 0 aliphatic heterocycles. The van der Waals surface area contributed by atoms with Crippen molar-refractivity contribution >= 4 is 0 Å². The van der Waals surface area contributed by atoms with E-state index < -0.39 is 0 Å². The lowest BCUT2D eigenvalue weighted by atomic mass is 9.86. The first-order valence-electron chi connectivity index (χ1n) is 9.72. The molecule has 0 spiro atoms. The smallest absolute Gasteiger partial charge is 0.00563 e. The maximum atomic E-state index is 2.37. The third-order valence-corrected chi connectivity index (χ3v) is 5.44. The molecule has 3 aromatic carbocycles. The summed E-state index contributed by atoms with van der Waals surface area (Å²) in [6, 6.07) is 24.8. The van der Waals surface area contributed by atoms with E-state index in [-0.39, 0.29) is 0 Å². The van der Waals surface area contributed by atoms with Crippen molar-refractivity contribution in [3.05, 3.63) is 107 Å². The van der Waals surface area contributed by atoms with Gasteiger partial charge in [0.25, 0.3) is 0 Å². The molecule has 0 heterocycles. The van der Waals surface area contributed by atoms with Gasteiger partial charge in [-0.1, -0.05) is 95.6 Å². The first-order chi connectivity index (χ1) is 13.1. The van der Waals surface area contributed by atoms with Crippen LogP contribution in [0.4, 0.5) is 0 Å². The monoisotopic (exact) mass is 350 g/mol. The Hall–Kier alpha value is -2.86. The highest BCUT2D eigenvalue weighted by Crippen LogP contribution is 2.34. The van der Waals surface area contributed by atoms with Crippen LogP contribution < -0.4 is 0 Å².